The van der Waals surface area contributed by atoms with E-state index in [4.69, 9.17) is 0 Å². The summed E-state index contributed by atoms with van der Waals surface area (Å²) in [6, 6.07) is 6.26. The van der Waals surface area contributed by atoms with Crippen LogP contribution < -0.4 is 10.9 Å². The molecule has 0 aliphatic rings. The zero-order valence-electron chi connectivity index (χ0n) is 13.0. The first-order chi connectivity index (χ1) is 11.9. The number of nitrogens with zero attached hydrogens (tertiary/aromatic N) is 3. The highest BCUT2D eigenvalue weighted by atomic mass is 32.1. The Hall–Kier alpha value is -2.94. The van der Waals surface area contributed by atoms with Crippen molar-refractivity contribution >= 4 is 22.4 Å². The zero-order chi connectivity index (χ0) is 18.0. The maximum Gasteiger partial charge on any atom is 0.277 e. The lowest BCUT2D eigenvalue weighted by Gasteiger charge is -2.02. The third-order valence-corrected chi connectivity index (χ3v) is 4.24. The summed E-state index contributed by atoms with van der Waals surface area (Å²) in [5.74, 6) is -2.30. The van der Waals surface area contributed by atoms with Gasteiger partial charge >= 0.3 is 0 Å². The Morgan fingerprint density at radius 3 is 2.76 bits per heavy atom. The third kappa shape index (κ3) is 3.94. The maximum atomic E-state index is 13.2. The first-order valence-corrected chi connectivity index (χ1v) is 7.98. The summed E-state index contributed by atoms with van der Waals surface area (Å²) in [6.07, 6.45) is 1.92. The van der Waals surface area contributed by atoms with Crippen LogP contribution in [0.1, 0.15) is 20.9 Å². The molecule has 0 aliphatic heterocycles. The molecule has 0 saturated carbocycles. The summed E-state index contributed by atoms with van der Waals surface area (Å²) in [6.45, 7) is 0. The molecule has 2 heterocycles. The van der Waals surface area contributed by atoms with Crippen molar-refractivity contribution in [2.24, 2.45) is 7.05 Å². The van der Waals surface area contributed by atoms with Crippen LogP contribution in [0.25, 0.3) is 0 Å². The first-order valence-electron chi connectivity index (χ1n) is 7.17. The van der Waals surface area contributed by atoms with Gasteiger partial charge < -0.3 is 0 Å². The highest BCUT2D eigenvalue weighted by Gasteiger charge is 2.12. The number of halogens is 2. The predicted octanol–water partition coefficient (Wildman–Crippen LogP) is 2.36. The van der Waals surface area contributed by atoms with E-state index in [0.29, 0.717) is 17.1 Å². The van der Waals surface area contributed by atoms with Crippen molar-refractivity contribution in [1.82, 2.24) is 14.8 Å². The van der Waals surface area contributed by atoms with Gasteiger partial charge in [0.1, 0.15) is 5.69 Å². The summed E-state index contributed by atoms with van der Waals surface area (Å²) >= 11 is 1.21. The topological polar surface area (TPSA) is 76.9 Å². The van der Waals surface area contributed by atoms with Gasteiger partial charge in [-0.3, -0.25) is 14.9 Å². The Kier molecular flexibility index (Phi) is 4.66. The van der Waals surface area contributed by atoms with Crippen molar-refractivity contribution in [3.8, 4) is 0 Å². The Bertz CT molecular complexity index is 1000. The van der Waals surface area contributed by atoms with Gasteiger partial charge in [-0.2, -0.15) is 5.10 Å². The molecule has 0 spiro atoms. The minimum atomic E-state index is -0.906. The van der Waals surface area contributed by atoms with E-state index in [1.54, 1.807) is 6.20 Å². The van der Waals surface area contributed by atoms with E-state index in [1.807, 2.05) is 0 Å². The Morgan fingerprint density at radius 1 is 1.24 bits per heavy atom. The maximum absolute atomic E-state index is 13.2. The molecule has 1 N–H and O–H groups in total. The molecule has 1 aromatic carbocycles. The van der Waals surface area contributed by atoms with Crippen LogP contribution in [0.4, 0.5) is 13.9 Å². The minimum Gasteiger partial charge on any atom is -0.296 e. The van der Waals surface area contributed by atoms with Crippen LogP contribution in [0, 0.1) is 11.6 Å². The summed E-state index contributed by atoms with van der Waals surface area (Å²) in [5.41, 5.74) is 0.360. The highest BCUT2D eigenvalue weighted by Crippen LogP contribution is 2.22. The number of nitrogens with one attached hydrogen (secondary N) is 1. The monoisotopic (exact) mass is 362 g/mol. The van der Waals surface area contributed by atoms with Gasteiger partial charge in [0.15, 0.2) is 16.8 Å². The smallest absolute Gasteiger partial charge is 0.277 e. The summed E-state index contributed by atoms with van der Waals surface area (Å²) < 4.78 is 27.2. The number of carbonyl (C=O) groups excluding carboxylic acids is 1. The van der Waals surface area contributed by atoms with Crippen LogP contribution in [0.15, 0.2) is 41.3 Å². The van der Waals surface area contributed by atoms with Crippen molar-refractivity contribution in [2.45, 2.75) is 6.42 Å². The molecule has 9 heteroatoms. The van der Waals surface area contributed by atoms with Gasteiger partial charge in [-0.25, -0.2) is 18.4 Å². The van der Waals surface area contributed by atoms with Crippen LogP contribution in [-0.2, 0) is 13.5 Å². The average molecular weight is 362 g/mol. The Labute approximate surface area is 144 Å². The second-order valence-electron chi connectivity index (χ2n) is 5.19. The Balaban J connectivity index is 1.70. The van der Waals surface area contributed by atoms with Gasteiger partial charge in [-0.1, -0.05) is 6.07 Å². The number of rotatable bonds is 4. The first kappa shape index (κ1) is 16.9. The molecular formula is C16H12F2N4O2S. The molecule has 0 aliphatic carbocycles. The average Bonchev–Trinajstić information content (AvgIpc) is 3.00. The summed E-state index contributed by atoms with van der Waals surface area (Å²) in [4.78, 5) is 28.2. The van der Waals surface area contributed by atoms with Crippen LogP contribution in [-0.4, -0.2) is 20.7 Å². The van der Waals surface area contributed by atoms with Crippen molar-refractivity contribution in [3.05, 3.63) is 74.7 Å². The third-order valence-electron chi connectivity index (χ3n) is 3.33. The normalized spacial score (nSPS) is 10.7. The van der Waals surface area contributed by atoms with E-state index in [-0.39, 0.29) is 11.3 Å². The number of thiazole rings is 1. The van der Waals surface area contributed by atoms with E-state index in [1.165, 1.54) is 36.6 Å². The van der Waals surface area contributed by atoms with Gasteiger partial charge in [0, 0.05) is 30.6 Å². The molecule has 0 bridgehead atoms. The molecule has 6 nitrogen and oxygen atoms in total. The quantitative estimate of drug-likeness (QED) is 0.773. The van der Waals surface area contributed by atoms with Crippen molar-refractivity contribution in [2.75, 3.05) is 5.32 Å². The van der Waals surface area contributed by atoms with Crippen molar-refractivity contribution in [3.63, 3.8) is 0 Å². The molecular weight excluding hydrogens is 350 g/mol. The fourth-order valence-electron chi connectivity index (χ4n) is 2.08. The number of amides is 1. The predicted molar refractivity (Wildman–Crippen MR) is 88.7 cm³/mol. The lowest BCUT2D eigenvalue weighted by atomic mass is 10.1. The van der Waals surface area contributed by atoms with Crippen molar-refractivity contribution in [1.29, 1.82) is 0 Å². The highest BCUT2D eigenvalue weighted by molar-refractivity contribution is 7.15. The van der Waals surface area contributed by atoms with Gasteiger partial charge in [0.05, 0.1) is 0 Å². The van der Waals surface area contributed by atoms with Crippen LogP contribution in [0.2, 0.25) is 0 Å². The molecule has 2 aromatic heterocycles. The second-order valence-corrected chi connectivity index (χ2v) is 6.31. The number of hydrogen-bond acceptors (Lipinski definition) is 5. The van der Waals surface area contributed by atoms with Crippen molar-refractivity contribution < 1.29 is 13.6 Å². The van der Waals surface area contributed by atoms with E-state index >= 15 is 0 Å². The number of hydrogen-bond donors (Lipinski definition) is 1. The summed E-state index contributed by atoms with van der Waals surface area (Å²) in [5, 5.41) is 6.79. The number of carbonyl (C=O) groups is 1. The lowest BCUT2D eigenvalue weighted by Crippen LogP contribution is -2.23. The molecule has 3 rings (SSSR count). The SMILES string of the molecule is Cn1nc(C(=O)Nc2ncc(Cc3ccc(F)c(F)c3)s2)ccc1=O. The standard InChI is InChI=1S/C16H12F2N4O2S/c1-22-14(23)5-4-13(21-22)15(24)20-16-19-8-10(25-16)6-9-2-3-11(17)12(18)7-9/h2-5,7-8H,6H2,1H3,(H,19,20,24). The second kappa shape index (κ2) is 6.89. The van der Waals surface area contributed by atoms with Crippen LogP contribution in [0.5, 0.6) is 0 Å². The zero-order valence-corrected chi connectivity index (χ0v) is 13.8. The molecule has 128 valence electrons. The Morgan fingerprint density at radius 2 is 2.04 bits per heavy atom. The van der Waals surface area contributed by atoms with E-state index in [9.17, 15) is 18.4 Å². The number of aromatic nitrogens is 3. The van der Waals surface area contributed by atoms with Gasteiger partial charge in [0.2, 0.25) is 0 Å². The molecule has 3 aromatic rings. The number of anilines is 1. The van der Waals surface area contributed by atoms with E-state index in [2.05, 4.69) is 15.4 Å². The fraction of sp³-hybridized carbons (Fsp3) is 0.125. The van der Waals surface area contributed by atoms with E-state index < -0.39 is 17.5 Å². The van der Waals surface area contributed by atoms with E-state index in [0.717, 1.165) is 21.7 Å². The van der Waals surface area contributed by atoms with Gasteiger partial charge in [0.25, 0.3) is 11.5 Å². The molecule has 0 unspecified atom stereocenters. The minimum absolute atomic E-state index is 0.0828. The van der Waals surface area contributed by atoms with Gasteiger partial charge in [-0.15, -0.1) is 11.3 Å². The van der Waals surface area contributed by atoms with Crippen LogP contribution >= 0.6 is 11.3 Å². The number of benzene rings is 1. The molecule has 0 fully saturated rings. The number of aryl methyl sites for hydroxylation is 1. The molecule has 25 heavy (non-hydrogen) atoms. The molecule has 0 atom stereocenters. The molecule has 1 amide bonds. The summed E-state index contributed by atoms with van der Waals surface area (Å²) in [7, 11) is 1.45. The fourth-order valence-corrected chi connectivity index (χ4v) is 2.92. The van der Waals surface area contributed by atoms with Crippen LogP contribution in [0.3, 0.4) is 0 Å². The largest absolute Gasteiger partial charge is 0.296 e. The van der Waals surface area contributed by atoms with Gasteiger partial charge in [-0.05, 0) is 23.8 Å². The lowest BCUT2D eigenvalue weighted by molar-refractivity contribution is 0.102. The molecule has 0 radical (unpaired) electrons. The molecule has 0 saturated heterocycles.